The fraction of sp³-hybridized carbons (Fsp3) is 0.250. The van der Waals surface area contributed by atoms with Gasteiger partial charge in [-0.2, -0.15) is 5.10 Å². The molecule has 5 heteroatoms. The van der Waals surface area contributed by atoms with E-state index in [0.29, 0.717) is 11.3 Å². The Kier molecular flexibility index (Phi) is 3.25. The summed E-state index contributed by atoms with van der Waals surface area (Å²) in [5.74, 6) is 0. The quantitative estimate of drug-likeness (QED) is 0.692. The zero-order valence-electron chi connectivity index (χ0n) is 12.3. The second kappa shape index (κ2) is 5.09. The van der Waals surface area contributed by atoms with E-state index in [1.54, 1.807) is 18.6 Å². The number of aryl methyl sites for hydroxylation is 3. The molecule has 0 saturated carbocycles. The van der Waals surface area contributed by atoms with Gasteiger partial charge in [0.1, 0.15) is 0 Å². The van der Waals surface area contributed by atoms with Gasteiger partial charge >= 0.3 is 0 Å². The summed E-state index contributed by atoms with van der Waals surface area (Å²) in [6.07, 6.45) is 6.21. The SMILES string of the molecule is CCn1ncc2c(-c3cncc(C)c3)c(C=O)c(C)nc21. The smallest absolute Gasteiger partial charge is 0.158 e. The van der Waals surface area contributed by atoms with Crippen molar-refractivity contribution in [2.75, 3.05) is 0 Å². The fourth-order valence-corrected chi connectivity index (χ4v) is 2.60. The zero-order valence-corrected chi connectivity index (χ0v) is 12.3. The van der Waals surface area contributed by atoms with Crippen molar-refractivity contribution in [1.82, 2.24) is 19.7 Å². The summed E-state index contributed by atoms with van der Waals surface area (Å²) in [4.78, 5) is 20.3. The average molecular weight is 280 g/mol. The van der Waals surface area contributed by atoms with Crippen LogP contribution in [-0.2, 0) is 6.54 Å². The molecule has 0 spiro atoms. The minimum absolute atomic E-state index is 0.602. The van der Waals surface area contributed by atoms with Crippen LogP contribution in [0.25, 0.3) is 22.2 Å². The monoisotopic (exact) mass is 280 g/mol. The van der Waals surface area contributed by atoms with Crippen molar-refractivity contribution in [3.8, 4) is 11.1 Å². The summed E-state index contributed by atoms with van der Waals surface area (Å²) >= 11 is 0. The first-order valence-electron chi connectivity index (χ1n) is 6.89. The highest BCUT2D eigenvalue weighted by Gasteiger charge is 2.17. The Hall–Kier alpha value is -2.56. The minimum Gasteiger partial charge on any atom is -0.298 e. The van der Waals surface area contributed by atoms with Gasteiger partial charge in [0.25, 0.3) is 0 Å². The summed E-state index contributed by atoms with van der Waals surface area (Å²) in [5, 5.41) is 5.24. The molecule has 21 heavy (non-hydrogen) atoms. The molecule has 106 valence electrons. The third-order valence-corrected chi connectivity index (χ3v) is 3.59. The number of carbonyl (C=O) groups is 1. The van der Waals surface area contributed by atoms with E-state index in [2.05, 4.69) is 15.1 Å². The van der Waals surface area contributed by atoms with Crippen LogP contribution < -0.4 is 0 Å². The molecule has 0 atom stereocenters. The second-order valence-electron chi connectivity index (χ2n) is 5.05. The first-order chi connectivity index (χ1) is 10.2. The Morgan fingerprint density at radius 1 is 1.24 bits per heavy atom. The van der Waals surface area contributed by atoms with Gasteiger partial charge in [-0.1, -0.05) is 0 Å². The molecule has 0 saturated heterocycles. The molecule has 0 fully saturated rings. The van der Waals surface area contributed by atoms with Gasteiger partial charge in [-0.05, 0) is 32.4 Å². The standard InChI is InChI=1S/C16H16N4O/c1-4-20-16-13(8-18-20)15(14(9-21)11(3)19-16)12-5-10(2)6-17-7-12/h5-9H,4H2,1-3H3. The number of nitrogens with zero attached hydrogens (tertiary/aromatic N) is 4. The molecule has 0 aromatic carbocycles. The molecule has 0 aliphatic heterocycles. The maximum atomic E-state index is 11.5. The third-order valence-electron chi connectivity index (χ3n) is 3.59. The summed E-state index contributed by atoms with van der Waals surface area (Å²) in [6, 6.07) is 2.03. The van der Waals surface area contributed by atoms with E-state index in [4.69, 9.17) is 0 Å². The van der Waals surface area contributed by atoms with Gasteiger partial charge in [-0.3, -0.25) is 9.78 Å². The molecule has 3 heterocycles. The highest BCUT2D eigenvalue weighted by Crippen LogP contribution is 2.32. The number of pyridine rings is 2. The first-order valence-corrected chi connectivity index (χ1v) is 6.89. The highest BCUT2D eigenvalue weighted by molar-refractivity contribution is 6.02. The van der Waals surface area contributed by atoms with Crippen LogP contribution in [0.1, 0.15) is 28.5 Å². The lowest BCUT2D eigenvalue weighted by molar-refractivity contribution is 0.112. The summed E-state index contributed by atoms with van der Waals surface area (Å²) in [7, 11) is 0. The van der Waals surface area contributed by atoms with Gasteiger partial charge in [0.2, 0.25) is 0 Å². The third kappa shape index (κ3) is 2.11. The number of rotatable bonds is 3. The average Bonchev–Trinajstić information content (AvgIpc) is 2.88. The van der Waals surface area contributed by atoms with E-state index in [1.165, 1.54) is 0 Å². The lowest BCUT2D eigenvalue weighted by Gasteiger charge is -2.10. The fourth-order valence-electron chi connectivity index (χ4n) is 2.60. The largest absolute Gasteiger partial charge is 0.298 e. The number of aromatic nitrogens is 4. The van der Waals surface area contributed by atoms with Gasteiger partial charge in [-0.25, -0.2) is 9.67 Å². The number of hydrogen-bond donors (Lipinski definition) is 0. The van der Waals surface area contributed by atoms with Crippen molar-refractivity contribution in [2.24, 2.45) is 0 Å². The maximum Gasteiger partial charge on any atom is 0.158 e. The zero-order chi connectivity index (χ0) is 15.0. The van der Waals surface area contributed by atoms with Crippen LogP contribution in [-0.4, -0.2) is 26.0 Å². The topological polar surface area (TPSA) is 60.7 Å². The molecule has 0 aliphatic carbocycles. The number of aldehydes is 1. The molecule has 0 aliphatic rings. The van der Waals surface area contributed by atoms with Crippen molar-refractivity contribution in [3.05, 3.63) is 41.5 Å². The van der Waals surface area contributed by atoms with Crippen LogP contribution in [0.5, 0.6) is 0 Å². The second-order valence-corrected chi connectivity index (χ2v) is 5.05. The molecular weight excluding hydrogens is 264 g/mol. The van der Waals surface area contributed by atoms with E-state index in [9.17, 15) is 4.79 Å². The molecule has 0 N–H and O–H groups in total. The predicted molar refractivity (Wildman–Crippen MR) is 81.3 cm³/mol. The van der Waals surface area contributed by atoms with E-state index in [0.717, 1.165) is 40.6 Å². The Bertz CT molecular complexity index is 836. The van der Waals surface area contributed by atoms with Gasteiger partial charge in [-0.15, -0.1) is 0 Å². The summed E-state index contributed by atoms with van der Waals surface area (Å²) < 4.78 is 1.84. The van der Waals surface area contributed by atoms with Crippen molar-refractivity contribution in [3.63, 3.8) is 0 Å². The first kappa shape index (κ1) is 13.4. The minimum atomic E-state index is 0.602. The Labute approximate surface area is 122 Å². The molecule has 5 nitrogen and oxygen atoms in total. The van der Waals surface area contributed by atoms with E-state index in [1.807, 2.05) is 31.5 Å². The lowest BCUT2D eigenvalue weighted by atomic mass is 9.97. The van der Waals surface area contributed by atoms with E-state index < -0.39 is 0 Å². The molecule has 0 unspecified atom stereocenters. The maximum absolute atomic E-state index is 11.5. The van der Waals surface area contributed by atoms with Crippen LogP contribution in [0.15, 0.2) is 24.7 Å². The number of hydrogen-bond acceptors (Lipinski definition) is 4. The van der Waals surface area contributed by atoms with Crippen molar-refractivity contribution >= 4 is 17.3 Å². The van der Waals surface area contributed by atoms with Gasteiger partial charge < -0.3 is 0 Å². The molecule has 3 rings (SSSR count). The van der Waals surface area contributed by atoms with Gasteiger partial charge in [0, 0.05) is 41.0 Å². The van der Waals surface area contributed by atoms with Crippen LogP contribution in [0.3, 0.4) is 0 Å². The summed E-state index contributed by atoms with van der Waals surface area (Å²) in [6.45, 7) is 6.59. The highest BCUT2D eigenvalue weighted by atomic mass is 16.1. The molecular formula is C16H16N4O. The molecule has 0 radical (unpaired) electrons. The molecule has 0 amide bonds. The van der Waals surface area contributed by atoms with Gasteiger partial charge in [0.15, 0.2) is 11.9 Å². The van der Waals surface area contributed by atoms with Crippen LogP contribution in [0.2, 0.25) is 0 Å². The van der Waals surface area contributed by atoms with Crippen LogP contribution in [0, 0.1) is 13.8 Å². The molecule has 0 bridgehead atoms. The van der Waals surface area contributed by atoms with Crippen molar-refractivity contribution in [1.29, 1.82) is 0 Å². The number of carbonyl (C=O) groups excluding carboxylic acids is 1. The van der Waals surface area contributed by atoms with E-state index in [-0.39, 0.29) is 0 Å². The number of fused-ring (bicyclic) bond motifs is 1. The van der Waals surface area contributed by atoms with E-state index >= 15 is 0 Å². The normalized spacial score (nSPS) is 11.0. The Morgan fingerprint density at radius 3 is 2.71 bits per heavy atom. The van der Waals surface area contributed by atoms with Crippen LogP contribution >= 0.6 is 0 Å². The Morgan fingerprint density at radius 2 is 2.05 bits per heavy atom. The summed E-state index contributed by atoms with van der Waals surface area (Å²) in [5.41, 5.74) is 4.95. The molecule has 3 aromatic heterocycles. The predicted octanol–water partition coefficient (Wildman–Crippen LogP) is 2.94. The van der Waals surface area contributed by atoms with Crippen LogP contribution in [0.4, 0.5) is 0 Å². The van der Waals surface area contributed by atoms with Crippen molar-refractivity contribution in [2.45, 2.75) is 27.3 Å². The van der Waals surface area contributed by atoms with Crippen molar-refractivity contribution < 1.29 is 4.79 Å². The lowest BCUT2D eigenvalue weighted by Crippen LogP contribution is -2.02. The molecule has 3 aromatic rings. The van der Waals surface area contributed by atoms with Gasteiger partial charge in [0.05, 0.1) is 11.9 Å². The Balaban J connectivity index is 2.43.